The fraction of sp³-hybridized carbons (Fsp3) is 0.538. The van der Waals surface area contributed by atoms with Gasteiger partial charge in [-0.1, -0.05) is 22.0 Å². The Morgan fingerprint density at radius 1 is 1.50 bits per heavy atom. The lowest BCUT2D eigenvalue weighted by Crippen LogP contribution is -2.37. The van der Waals surface area contributed by atoms with E-state index in [1.807, 2.05) is 0 Å². The molecule has 1 unspecified atom stereocenters. The van der Waals surface area contributed by atoms with E-state index in [0.717, 1.165) is 17.3 Å². The molecule has 0 aromatic heterocycles. The Bertz CT molecular complexity index is 392. The zero-order chi connectivity index (χ0) is 11.8. The van der Waals surface area contributed by atoms with Gasteiger partial charge in [0.2, 0.25) is 0 Å². The van der Waals surface area contributed by atoms with Gasteiger partial charge in [0.05, 0.1) is 6.10 Å². The van der Waals surface area contributed by atoms with E-state index in [-0.39, 0.29) is 11.7 Å². The Labute approximate surface area is 105 Å². The molecule has 0 aliphatic heterocycles. The van der Waals surface area contributed by atoms with Crippen molar-refractivity contribution in [3.8, 4) is 0 Å². The quantitative estimate of drug-likeness (QED) is 0.926. The fourth-order valence-corrected chi connectivity index (χ4v) is 2.93. The van der Waals surface area contributed by atoms with Gasteiger partial charge in [-0.25, -0.2) is 0 Å². The van der Waals surface area contributed by atoms with E-state index in [1.54, 1.807) is 0 Å². The van der Waals surface area contributed by atoms with Crippen molar-refractivity contribution in [2.45, 2.75) is 38.4 Å². The van der Waals surface area contributed by atoms with Crippen LogP contribution in [-0.2, 0) is 16.8 Å². The third-order valence-electron chi connectivity index (χ3n) is 3.15. The van der Waals surface area contributed by atoms with Gasteiger partial charge < -0.3 is 10.5 Å². The second-order valence-electron chi connectivity index (χ2n) is 4.67. The first-order valence-corrected chi connectivity index (χ1v) is 6.53. The molecule has 88 valence electrons. The third kappa shape index (κ3) is 2.04. The molecule has 2 rings (SSSR count). The SMILES string of the molecule is CC(C)OC1(CN)CCc2cc(Br)ccc21. The number of rotatable bonds is 3. The molecule has 1 atom stereocenters. The van der Waals surface area contributed by atoms with Crippen molar-refractivity contribution in [3.05, 3.63) is 33.8 Å². The van der Waals surface area contributed by atoms with Gasteiger partial charge in [-0.2, -0.15) is 0 Å². The molecule has 0 amide bonds. The molecule has 2 N–H and O–H groups in total. The number of nitrogens with two attached hydrogens (primary N) is 1. The number of aryl methyl sites for hydroxylation is 1. The van der Waals surface area contributed by atoms with E-state index in [1.165, 1.54) is 11.1 Å². The predicted molar refractivity (Wildman–Crippen MR) is 69.4 cm³/mol. The monoisotopic (exact) mass is 283 g/mol. The minimum absolute atomic E-state index is 0.207. The van der Waals surface area contributed by atoms with Crippen molar-refractivity contribution in [1.82, 2.24) is 0 Å². The number of hydrogen-bond acceptors (Lipinski definition) is 2. The minimum atomic E-state index is -0.260. The number of fused-ring (bicyclic) bond motifs is 1. The van der Waals surface area contributed by atoms with Gasteiger partial charge in [0.25, 0.3) is 0 Å². The molecule has 0 spiro atoms. The van der Waals surface area contributed by atoms with Crippen LogP contribution in [0.1, 0.15) is 31.4 Å². The number of benzene rings is 1. The highest BCUT2D eigenvalue weighted by molar-refractivity contribution is 9.10. The number of halogens is 1. The Morgan fingerprint density at radius 3 is 2.88 bits per heavy atom. The standard InChI is InChI=1S/C13H18BrNO/c1-9(2)16-13(8-15)6-5-10-7-11(14)3-4-12(10)13/h3-4,7,9H,5-6,8,15H2,1-2H3. The molecule has 1 aromatic rings. The first-order valence-electron chi connectivity index (χ1n) is 5.74. The summed E-state index contributed by atoms with van der Waals surface area (Å²) in [5.74, 6) is 0. The molecular weight excluding hydrogens is 266 g/mol. The van der Waals surface area contributed by atoms with Gasteiger partial charge in [0, 0.05) is 11.0 Å². The molecule has 0 heterocycles. The molecule has 0 saturated heterocycles. The summed E-state index contributed by atoms with van der Waals surface area (Å²) in [6.45, 7) is 4.68. The molecule has 16 heavy (non-hydrogen) atoms. The summed E-state index contributed by atoms with van der Waals surface area (Å²) in [4.78, 5) is 0. The van der Waals surface area contributed by atoms with Crippen LogP contribution in [0.25, 0.3) is 0 Å². The summed E-state index contributed by atoms with van der Waals surface area (Å²) in [6.07, 6.45) is 2.25. The van der Waals surface area contributed by atoms with Crippen molar-refractivity contribution in [3.63, 3.8) is 0 Å². The first-order chi connectivity index (χ1) is 7.57. The predicted octanol–water partition coefficient (Wildman–Crippen LogP) is 2.97. The molecule has 0 saturated carbocycles. The average molecular weight is 284 g/mol. The van der Waals surface area contributed by atoms with Gasteiger partial charge in [0.15, 0.2) is 0 Å². The molecule has 0 bridgehead atoms. The highest BCUT2D eigenvalue weighted by atomic mass is 79.9. The van der Waals surface area contributed by atoms with E-state index in [4.69, 9.17) is 10.5 Å². The van der Waals surface area contributed by atoms with Crippen LogP contribution in [0.3, 0.4) is 0 Å². The van der Waals surface area contributed by atoms with Gasteiger partial charge in [0.1, 0.15) is 5.60 Å². The van der Waals surface area contributed by atoms with Gasteiger partial charge in [-0.3, -0.25) is 0 Å². The molecule has 0 fully saturated rings. The summed E-state index contributed by atoms with van der Waals surface area (Å²) >= 11 is 3.50. The van der Waals surface area contributed by atoms with E-state index in [2.05, 4.69) is 48.0 Å². The maximum Gasteiger partial charge on any atom is 0.106 e. The Balaban J connectivity index is 2.39. The van der Waals surface area contributed by atoms with E-state index < -0.39 is 0 Å². The summed E-state index contributed by atoms with van der Waals surface area (Å²) in [5, 5.41) is 0. The second kappa shape index (κ2) is 4.47. The minimum Gasteiger partial charge on any atom is -0.366 e. The molecule has 1 aliphatic carbocycles. The maximum atomic E-state index is 6.07. The smallest absolute Gasteiger partial charge is 0.106 e. The Hall–Kier alpha value is -0.380. The van der Waals surface area contributed by atoms with Crippen LogP contribution in [0.15, 0.2) is 22.7 Å². The Morgan fingerprint density at radius 2 is 2.25 bits per heavy atom. The molecule has 0 radical (unpaired) electrons. The lowest BCUT2D eigenvalue weighted by atomic mass is 9.95. The molecule has 1 aliphatic rings. The van der Waals surface area contributed by atoms with Crippen LogP contribution >= 0.6 is 15.9 Å². The van der Waals surface area contributed by atoms with Crippen LogP contribution in [0, 0.1) is 0 Å². The normalized spacial score (nSPS) is 23.8. The lowest BCUT2D eigenvalue weighted by Gasteiger charge is -2.31. The number of ether oxygens (including phenoxy) is 1. The molecule has 1 aromatic carbocycles. The Kier molecular flexibility index (Phi) is 3.38. The lowest BCUT2D eigenvalue weighted by molar-refractivity contribution is -0.0780. The van der Waals surface area contributed by atoms with Crippen LogP contribution in [0.4, 0.5) is 0 Å². The van der Waals surface area contributed by atoms with Gasteiger partial charge in [-0.05, 0) is 49.9 Å². The van der Waals surface area contributed by atoms with Crippen molar-refractivity contribution in [2.24, 2.45) is 5.73 Å². The van der Waals surface area contributed by atoms with E-state index in [9.17, 15) is 0 Å². The van der Waals surface area contributed by atoms with Crippen LogP contribution in [-0.4, -0.2) is 12.6 Å². The fourth-order valence-electron chi connectivity index (χ4n) is 2.52. The van der Waals surface area contributed by atoms with E-state index in [0.29, 0.717) is 6.54 Å². The zero-order valence-electron chi connectivity index (χ0n) is 9.79. The van der Waals surface area contributed by atoms with Crippen molar-refractivity contribution in [1.29, 1.82) is 0 Å². The maximum absolute atomic E-state index is 6.07. The largest absolute Gasteiger partial charge is 0.366 e. The van der Waals surface area contributed by atoms with Crippen molar-refractivity contribution >= 4 is 15.9 Å². The zero-order valence-corrected chi connectivity index (χ0v) is 11.4. The second-order valence-corrected chi connectivity index (χ2v) is 5.58. The highest BCUT2D eigenvalue weighted by Gasteiger charge is 2.39. The van der Waals surface area contributed by atoms with Crippen LogP contribution in [0.5, 0.6) is 0 Å². The van der Waals surface area contributed by atoms with Crippen LogP contribution < -0.4 is 5.73 Å². The average Bonchev–Trinajstić information content (AvgIpc) is 2.56. The summed E-state index contributed by atoms with van der Waals surface area (Å²) in [5.41, 5.74) is 8.31. The summed E-state index contributed by atoms with van der Waals surface area (Å²) < 4.78 is 7.20. The van der Waals surface area contributed by atoms with E-state index >= 15 is 0 Å². The molecule has 3 heteroatoms. The third-order valence-corrected chi connectivity index (χ3v) is 3.64. The van der Waals surface area contributed by atoms with Crippen molar-refractivity contribution in [2.75, 3.05) is 6.54 Å². The summed E-state index contributed by atoms with van der Waals surface area (Å²) in [6, 6.07) is 6.39. The topological polar surface area (TPSA) is 35.2 Å². The van der Waals surface area contributed by atoms with Gasteiger partial charge >= 0.3 is 0 Å². The number of hydrogen-bond donors (Lipinski definition) is 1. The summed E-state index contributed by atoms with van der Waals surface area (Å²) in [7, 11) is 0. The highest BCUT2D eigenvalue weighted by Crippen LogP contribution is 2.41. The van der Waals surface area contributed by atoms with Crippen LogP contribution in [0.2, 0.25) is 0 Å². The molecule has 2 nitrogen and oxygen atoms in total. The van der Waals surface area contributed by atoms with Crippen molar-refractivity contribution < 1.29 is 4.74 Å². The molecular formula is C13H18BrNO. The van der Waals surface area contributed by atoms with Gasteiger partial charge in [-0.15, -0.1) is 0 Å². The first kappa shape index (κ1) is 12.1.